The molecular weight excluding hydrogens is 380 g/mol. The molecule has 0 heterocycles. The van der Waals surface area contributed by atoms with Crippen LogP contribution in [0.3, 0.4) is 0 Å². The van der Waals surface area contributed by atoms with Gasteiger partial charge in [0.15, 0.2) is 0 Å². The molecule has 174 valence electrons. The van der Waals surface area contributed by atoms with Gasteiger partial charge in [-0.15, -0.1) is 0 Å². The van der Waals surface area contributed by atoms with Crippen molar-refractivity contribution in [2.24, 2.45) is 51.8 Å². The minimum Gasteiger partial charge on any atom is -0.300 e. The molecule has 0 N–H and O–H groups in total. The summed E-state index contributed by atoms with van der Waals surface area (Å²) in [4.78, 5) is 25.3. The third kappa shape index (κ3) is 3.59. The Hall–Kier alpha value is -0.920. The van der Waals surface area contributed by atoms with Crippen LogP contribution in [0.1, 0.15) is 106 Å². The molecule has 0 spiro atoms. The van der Waals surface area contributed by atoms with Crippen LogP contribution in [-0.4, -0.2) is 11.6 Å². The zero-order valence-electron chi connectivity index (χ0n) is 21.2. The molecule has 0 radical (unpaired) electrons. The van der Waals surface area contributed by atoms with E-state index in [9.17, 15) is 9.59 Å². The summed E-state index contributed by atoms with van der Waals surface area (Å²) in [6.07, 6.45) is 12.2. The maximum Gasteiger partial charge on any atom is 0.142 e. The fourth-order valence-corrected chi connectivity index (χ4v) is 9.23. The highest BCUT2D eigenvalue weighted by molar-refractivity contribution is 5.89. The minimum atomic E-state index is -0.276. The number of ketones is 2. The molecule has 31 heavy (non-hydrogen) atoms. The molecule has 0 aromatic heterocycles. The van der Waals surface area contributed by atoms with Crippen molar-refractivity contribution >= 4 is 11.6 Å². The topological polar surface area (TPSA) is 34.1 Å². The highest BCUT2D eigenvalue weighted by Gasteiger charge is 2.61. The Kier molecular flexibility index (Phi) is 5.88. The Morgan fingerprint density at radius 2 is 1.71 bits per heavy atom. The molecule has 3 saturated carbocycles. The molecule has 0 bridgehead atoms. The molecule has 4 aliphatic carbocycles. The van der Waals surface area contributed by atoms with E-state index in [2.05, 4.69) is 54.5 Å². The summed E-state index contributed by atoms with van der Waals surface area (Å²) < 4.78 is 0. The van der Waals surface area contributed by atoms with Gasteiger partial charge in [-0.25, -0.2) is 0 Å². The third-order valence-corrected chi connectivity index (χ3v) is 10.7. The fraction of sp³-hybridized carbons (Fsp3) is 0.862. The summed E-state index contributed by atoms with van der Waals surface area (Å²) in [5.74, 6) is 4.86. The maximum atomic E-state index is 12.7. The lowest BCUT2D eigenvalue weighted by molar-refractivity contribution is -0.132. The second kappa shape index (κ2) is 7.84. The van der Waals surface area contributed by atoms with Gasteiger partial charge in [0, 0.05) is 24.7 Å². The van der Waals surface area contributed by atoms with Crippen LogP contribution in [0.5, 0.6) is 0 Å². The van der Waals surface area contributed by atoms with Crippen LogP contribution >= 0.6 is 0 Å². The fourth-order valence-electron chi connectivity index (χ4n) is 9.23. The SMILES string of the molecule is CC(C)CC(=O)C[C@@H](C)[C@H]1CC[C@H]2[C@@H]3CC=C4C(C)(C)C(=O)CC[C@]4(C)[C@H]3CC[C@]12C. The lowest BCUT2D eigenvalue weighted by atomic mass is 9.44. The highest BCUT2D eigenvalue weighted by atomic mass is 16.1. The molecule has 0 aromatic rings. The first-order valence-electron chi connectivity index (χ1n) is 13.2. The van der Waals surface area contributed by atoms with Crippen molar-refractivity contribution in [1.82, 2.24) is 0 Å². The zero-order chi connectivity index (χ0) is 22.8. The standard InChI is InChI=1S/C29H46O2/c1-18(2)16-20(30)17-19(3)22-9-10-23-21-8-11-25-27(4,5)26(31)13-15-29(25,7)24(21)12-14-28(22,23)6/h11,18-19,21-24H,8-10,12-17H2,1-7H3/t19-,21+,22-,23+,24+,28-,29-/m1/s1. The van der Waals surface area contributed by atoms with E-state index >= 15 is 0 Å². The first-order valence-corrected chi connectivity index (χ1v) is 13.2. The van der Waals surface area contributed by atoms with E-state index in [-0.39, 0.29) is 10.8 Å². The Labute approximate surface area is 191 Å². The van der Waals surface area contributed by atoms with Crippen molar-refractivity contribution < 1.29 is 9.59 Å². The molecule has 0 saturated heterocycles. The van der Waals surface area contributed by atoms with Gasteiger partial charge < -0.3 is 0 Å². The van der Waals surface area contributed by atoms with Crippen LogP contribution in [0.15, 0.2) is 11.6 Å². The van der Waals surface area contributed by atoms with E-state index in [0.717, 1.165) is 43.4 Å². The van der Waals surface area contributed by atoms with Gasteiger partial charge in [0.2, 0.25) is 0 Å². The summed E-state index contributed by atoms with van der Waals surface area (Å²) in [6.45, 7) is 16.1. The van der Waals surface area contributed by atoms with Crippen LogP contribution in [0.2, 0.25) is 0 Å². The normalized spacial score (nSPS) is 42.5. The van der Waals surface area contributed by atoms with Gasteiger partial charge in [0.05, 0.1) is 0 Å². The van der Waals surface area contributed by atoms with E-state index in [1.807, 2.05) is 0 Å². The Balaban J connectivity index is 1.56. The van der Waals surface area contributed by atoms with Crippen molar-refractivity contribution in [3.8, 4) is 0 Å². The smallest absolute Gasteiger partial charge is 0.142 e. The molecule has 0 unspecified atom stereocenters. The van der Waals surface area contributed by atoms with Crippen molar-refractivity contribution in [3.63, 3.8) is 0 Å². The maximum absolute atomic E-state index is 12.7. The van der Waals surface area contributed by atoms with Gasteiger partial charge in [-0.1, -0.05) is 46.3 Å². The number of carbonyl (C=O) groups is 2. The summed E-state index contributed by atoms with van der Waals surface area (Å²) >= 11 is 0. The second-order valence-electron chi connectivity index (χ2n) is 13.2. The monoisotopic (exact) mass is 426 g/mol. The molecule has 0 aliphatic heterocycles. The van der Waals surface area contributed by atoms with Crippen LogP contribution in [0.25, 0.3) is 0 Å². The number of carbonyl (C=O) groups excluding carboxylic acids is 2. The predicted molar refractivity (Wildman–Crippen MR) is 128 cm³/mol. The van der Waals surface area contributed by atoms with E-state index in [1.165, 1.54) is 37.7 Å². The van der Waals surface area contributed by atoms with Gasteiger partial charge in [-0.3, -0.25) is 9.59 Å². The van der Waals surface area contributed by atoms with Crippen LogP contribution in [0.4, 0.5) is 0 Å². The largest absolute Gasteiger partial charge is 0.300 e. The van der Waals surface area contributed by atoms with Crippen LogP contribution < -0.4 is 0 Å². The first kappa shape index (κ1) is 23.2. The third-order valence-electron chi connectivity index (χ3n) is 10.7. The van der Waals surface area contributed by atoms with Gasteiger partial charge in [-0.2, -0.15) is 0 Å². The van der Waals surface area contributed by atoms with Crippen molar-refractivity contribution in [3.05, 3.63) is 11.6 Å². The van der Waals surface area contributed by atoms with Gasteiger partial charge in [0.25, 0.3) is 0 Å². The van der Waals surface area contributed by atoms with Crippen LogP contribution in [-0.2, 0) is 9.59 Å². The van der Waals surface area contributed by atoms with Gasteiger partial charge >= 0.3 is 0 Å². The minimum absolute atomic E-state index is 0.207. The van der Waals surface area contributed by atoms with Crippen molar-refractivity contribution in [2.75, 3.05) is 0 Å². The highest BCUT2D eigenvalue weighted by Crippen LogP contribution is 2.68. The van der Waals surface area contributed by atoms with E-state index < -0.39 is 0 Å². The summed E-state index contributed by atoms with van der Waals surface area (Å²) in [5.41, 5.74) is 1.78. The number of hydrogen-bond acceptors (Lipinski definition) is 2. The number of allylic oxidation sites excluding steroid dienone is 2. The van der Waals surface area contributed by atoms with Gasteiger partial charge in [-0.05, 0) is 98.7 Å². The van der Waals surface area contributed by atoms with Crippen LogP contribution in [0, 0.1) is 51.8 Å². The molecule has 4 rings (SSSR count). The lowest BCUT2D eigenvalue weighted by Gasteiger charge is -2.60. The van der Waals surface area contributed by atoms with E-state index in [4.69, 9.17) is 0 Å². The summed E-state index contributed by atoms with van der Waals surface area (Å²) in [5, 5.41) is 0. The number of fused-ring (bicyclic) bond motifs is 5. The van der Waals surface area contributed by atoms with Crippen molar-refractivity contribution in [1.29, 1.82) is 0 Å². The Morgan fingerprint density at radius 1 is 1.00 bits per heavy atom. The van der Waals surface area contributed by atoms with Gasteiger partial charge in [0.1, 0.15) is 11.6 Å². The molecule has 2 nitrogen and oxygen atoms in total. The van der Waals surface area contributed by atoms with E-state index in [1.54, 1.807) is 0 Å². The van der Waals surface area contributed by atoms with Crippen molar-refractivity contribution in [2.45, 2.75) is 106 Å². The molecule has 3 fully saturated rings. The molecule has 7 atom stereocenters. The number of hydrogen-bond donors (Lipinski definition) is 0. The molecule has 4 aliphatic rings. The average Bonchev–Trinajstić information content (AvgIpc) is 3.02. The molecule has 2 heteroatoms. The first-order chi connectivity index (χ1) is 14.4. The average molecular weight is 427 g/mol. The molecule has 0 aromatic carbocycles. The second-order valence-corrected chi connectivity index (χ2v) is 13.2. The number of rotatable bonds is 5. The zero-order valence-corrected chi connectivity index (χ0v) is 21.2. The number of Topliss-reactive ketones (excluding diaryl/α,β-unsaturated/α-hetero) is 2. The molecular formula is C29H46O2. The summed E-state index contributed by atoms with van der Waals surface area (Å²) in [7, 11) is 0. The Morgan fingerprint density at radius 3 is 2.39 bits per heavy atom. The lowest BCUT2D eigenvalue weighted by Crippen LogP contribution is -2.53. The van der Waals surface area contributed by atoms with E-state index in [0.29, 0.717) is 34.7 Å². The Bertz CT molecular complexity index is 774. The molecule has 0 amide bonds. The quantitative estimate of drug-likeness (QED) is 0.429. The predicted octanol–water partition coefficient (Wildman–Crippen LogP) is 7.41. The summed E-state index contributed by atoms with van der Waals surface area (Å²) in [6, 6.07) is 0.